The molecule has 0 fully saturated rings. The Hall–Kier alpha value is -1.42. The maximum atomic E-state index is 5.73. The molecule has 1 nitrogen and oxygen atoms in total. The second-order valence-corrected chi connectivity index (χ2v) is 4.21. The van der Waals surface area contributed by atoms with Crippen LogP contribution in [0, 0.1) is 25.7 Å². The zero-order valence-electron chi connectivity index (χ0n) is 11.4. The summed E-state index contributed by atoms with van der Waals surface area (Å²) in [7, 11) is 0. The van der Waals surface area contributed by atoms with Gasteiger partial charge in [0.1, 0.15) is 5.75 Å². The van der Waals surface area contributed by atoms with E-state index in [1.807, 2.05) is 6.92 Å². The second kappa shape index (κ2) is 7.01. The molecule has 0 N–H and O–H groups in total. The van der Waals surface area contributed by atoms with Gasteiger partial charge in [0.2, 0.25) is 0 Å². The van der Waals surface area contributed by atoms with E-state index < -0.39 is 0 Å². The molecule has 0 radical (unpaired) electrons. The first-order chi connectivity index (χ1) is 8.19. The van der Waals surface area contributed by atoms with Crippen LogP contribution in [0.15, 0.2) is 12.1 Å². The van der Waals surface area contributed by atoms with E-state index in [1.54, 1.807) is 0 Å². The van der Waals surface area contributed by atoms with Crippen LogP contribution in [0.1, 0.15) is 43.4 Å². The fourth-order valence-electron chi connectivity index (χ4n) is 1.99. The standard InChI is InChI=1S/C16H22O/c1-5-7-8-9-10-15-12-13(3)11-14(4)16(15)17-6-2/h11-12H,5-6,9-10H2,1-4H3. The Morgan fingerprint density at radius 2 is 1.88 bits per heavy atom. The van der Waals surface area contributed by atoms with Crippen molar-refractivity contribution in [2.24, 2.45) is 0 Å². The molecule has 0 atom stereocenters. The summed E-state index contributed by atoms with van der Waals surface area (Å²) in [5.41, 5.74) is 3.81. The van der Waals surface area contributed by atoms with Crippen molar-refractivity contribution in [1.29, 1.82) is 0 Å². The quantitative estimate of drug-likeness (QED) is 0.709. The molecule has 0 aromatic heterocycles. The number of rotatable bonds is 4. The number of hydrogen-bond donors (Lipinski definition) is 0. The van der Waals surface area contributed by atoms with Crippen molar-refractivity contribution in [2.45, 2.75) is 47.0 Å². The minimum atomic E-state index is 0.720. The van der Waals surface area contributed by atoms with E-state index in [1.165, 1.54) is 16.7 Å². The third-order valence-corrected chi connectivity index (χ3v) is 2.61. The molecule has 0 aliphatic heterocycles. The van der Waals surface area contributed by atoms with Crippen LogP contribution in [0.3, 0.4) is 0 Å². The second-order valence-electron chi connectivity index (χ2n) is 4.21. The van der Waals surface area contributed by atoms with Crippen LogP contribution in [0.2, 0.25) is 0 Å². The summed E-state index contributed by atoms with van der Waals surface area (Å²) >= 11 is 0. The van der Waals surface area contributed by atoms with Crippen molar-refractivity contribution in [3.63, 3.8) is 0 Å². The van der Waals surface area contributed by atoms with Crippen LogP contribution in [-0.4, -0.2) is 6.61 Å². The highest BCUT2D eigenvalue weighted by atomic mass is 16.5. The van der Waals surface area contributed by atoms with Gasteiger partial charge in [-0.3, -0.25) is 0 Å². The van der Waals surface area contributed by atoms with Crippen LogP contribution in [0.5, 0.6) is 5.75 Å². The van der Waals surface area contributed by atoms with E-state index in [0.717, 1.165) is 31.6 Å². The molecule has 0 unspecified atom stereocenters. The van der Waals surface area contributed by atoms with Gasteiger partial charge in [0.05, 0.1) is 6.61 Å². The monoisotopic (exact) mass is 230 g/mol. The summed E-state index contributed by atoms with van der Waals surface area (Å²) in [4.78, 5) is 0. The van der Waals surface area contributed by atoms with Gasteiger partial charge in [-0.25, -0.2) is 0 Å². The number of hydrogen-bond acceptors (Lipinski definition) is 1. The molecular weight excluding hydrogens is 208 g/mol. The Labute approximate surface area is 105 Å². The molecule has 0 bridgehead atoms. The molecule has 0 amide bonds. The molecule has 1 aromatic carbocycles. The van der Waals surface area contributed by atoms with Crippen LogP contribution < -0.4 is 4.74 Å². The van der Waals surface area contributed by atoms with Gasteiger partial charge in [0.25, 0.3) is 0 Å². The van der Waals surface area contributed by atoms with E-state index in [0.29, 0.717) is 0 Å². The normalized spacial score (nSPS) is 9.65. The zero-order valence-corrected chi connectivity index (χ0v) is 11.4. The van der Waals surface area contributed by atoms with E-state index in [2.05, 4.69) is 44.7 Å². The van der Waals surface area contributed by atoms with Crippen LogP contribution >= 0.6 is 0 Å². The fraction of sp³-hybridized carbons (Fsp3) is 0.500. The molecule has 0 aliphatic carbocycles. The minimum Gasteiger partial charge on any atom is -0.493 e. The zero-order chi connectivity index (χ0) is 12.7. The molecule has 1 aromatic rings. The smallest absolute Gasteiger partial charge is 0.125 e. The van der Waals surface area contributed by atoms with Gasteiger partial charge >= 0.3 is 0 Å². The highest BCUT2D eigenvalue weighted by Gasteiger charge is 2.07. The van der Waals surface area contributed by atoms with E-state index in [9.17, 15) is 0 Å². The first-order valence-electron chi connectivity index (χ1n) is 6.37. The van der Waals surface area contributed by atoms with Gasteiger partial charge in [-0.1, -0.05) is 24.6 Å². The lowest BCUT2D eigenvalue weighted by molar-refractivity contribution is 0.334. The van der Waals surface area contributed by atoms with Gasteiger partial charge in [-0.15, -0.1) is 11.8 Å². The SMILES string of the molecule is CCC#CCCc1cc(C)cc(C)c1OCC. The van der Waals surface area contributed by atoms with Crippen molar-refractivity contribution >= 4 is 0 Å². The summed E-state index contributed by atoms with van der Waals surface area (Å²) in [5, 5.41) is 0. The third kappa shape index (κ3) is 4.15. The summed E-state index contributed by atoms with van der Waals surface area (Å²) in [6.07, 6.45) is 2.83. The van der Waals surface area contributed by atoms with Gasteiger partial charge < -0.3 is 4.74 Å². The molecule has 0 saturated carbocycles. The molecular formula is C16H22O. The summed E-state index contributed by atoms with van der Waals surface area (Å²) in [6.45, 7) is 9.07. The van der Waals surface area contributed by atoms with Gasteiger partial charge in [0.15, 0.2) is 0 Å². The molecule has 0 saturated heterocycles. The predicted molar refractivity (Wildman–Crippen MR) is 73.5 cm³/mol. The van der Waals surface area contributed by atoms with Crippen molar-refractivity contribution in [3.8, 4) is 17.6 Å². The van der Waals surface area contributed by atoms with E-state index >= 15 is 0 Å². The van der Waals surface area contributed by atoms with Gasteiger partial charge in [-0.05, 0) is 38.3 Å². The van der Waals surface area contributed by atoms with E-state index in [4.69, 9.17) is 4.74 Å². The Kier molecular flexibility index (Phi) is 5.63. The number of benzene rings is 1. The van der Waals surface area contributed by atoms with Crippen molar-refractivity contribution in [1.82, 2.24) is 0 Å². The number of aryl methyl sites for hydroxylation is 3. The largest absolute Gasteiger partial charge is 0.493 e. The van der Waals surface area contributed by atoms with Crippen LogP contribution in [0.4, 0.5) is 0 Å². The Morgan fingerprint density at radius 3 is 2.53 bits per heavy atom. The number of ether oxygens (including phenoxy) is 1. The Balaban J connectivity index is 2.87. The molecule has 0 heterocycles. The molecule has 1 heteroatoms. The van der Waals surface area contributed by atoms with Crippen LogP contribution in [0.25, 0.3) is 0 Å². The lowest BCUT2D eigenvalue weighted by Crippen LogP contribution is -2.00. The van der Waals surface area contributed by atoms with Crippen LogP contribution in [-0.2, 0) is 6.42 Å². The molecule has 0 spiro atoms. The summed E-state index contributed by atoms with van der Waals surface area (Å²) in [6, 6.07) is 4.39. The highest BCUT2D eigenvalue weighted by molar-refractivity contribution is 5.44. The maximum absolute atomic E-state index is 5.73. The molecule has 0 aliphatic rings. The van der Waals surface area contributed by atoms with Crippen molar-refractivity contribution in [3.05, 3.63) is 28.8 Å². The molecule has 1 rings (SSSR count). The van der Waals surface area contributed by atoms with E-state index in [-0.39, 0.29) is 0 Å². The fourth-order valence-corrected chi connectivity index (χ4v) is 1.99. The predicted octanol–water partition coefficient (Wildman–Crippen LogP) is 4.05. The van der Waals surface area contributed by atoms with Gasteiger partial charge in [-0.2, -0.15) is 0 Å². The third-order valence-electron chi connectivity index (χ3n) is 2.61. The average Bonchev–Trinajstić information content (AvgIpc) is 2.29. The highest BCUT2D eigenvalue weighted by Crippen LogP contribution is 2.26. The van der Waals surface area contributed by atoms with Crippen molar-refractivity contribution < 1.29 is 4.74 Å². The summed E-state index contributed by atoms with van der Waals surface area (Å²) in [5.74, 6) is 7.35. The van der Waals surface area contributed by atoms with Crippen molar-refractivity contribution in [2.75, 3.05) is 6.61 Å². The molecule has 92 valence electrons. The first kappa shape index (κ1) is 13.6. The Bertz CT molecular complexity index is 421. The average molecular weight is 230 g/mol. The first-order valence-corrected chi connectivity index (χ1v) is 6.37. The lowest BCUT2D eigenvalue weighted by Gasteiger charge is -2.13. The maximum Gasteiger partial charge on any atom is 0.125 e. The lowest BCUT2D eigenvalue weighted by atomic mass is 10.0. The summed E-state index contributed by atoms with van der Waals surface area (Å²) < 4.78 is 5.73. The Morgan fingerprint density at radius 1 is 1.12 bits per heavy atom. The molecule has 17 heavy (non-hydrogen) atoms. The minimum absolute atomic E-state index is 0.720. The topological polar surface area (TPSA) is 9.23 Å². The van der Waals surface area contributed by atoms with Gasteiger partial charge in [0, 0.05) is 12.8 Å².